The van der Waals surface area contributed by atoms with Crippen LogP contribution in [-0.2, 0) is 11.3 Å². The van der Waals surface area contributed by atoms with E-state index in [9.17, 15) is 4.79 Å². The lowest BCUT2D eigenvalue weighted by atomic mass is 10.1. The zero-order valence-corrected chi connectivity index (χ0v) is 11.7. The zero-order chi connectivity index (χ0) is 13.5. The Kier molecular flexibility index (Phi) is 6.16. The fraction of sp³-hybridized carbons (Fsp3) is 0.500. The molecule has 4 heteroatoms. The summed E-state index contributed by atoms with van der Waals surface area (Å²) >= 11 is 6.14. The molecule has 18 heavy (non-hydrogen) atoms. The first-order chi connectivity index (χ1) is 8.50. The van der Waals surface area contributed by atoms with Crippen LogP contribution in [0.25, 0.3) is 0 Å². The lowest BCUT2D eigenvalue weighted by molar-refractivity contribution is -0.137. The molecule has 0 heterocycles. The van der Waals surface area contributed by atoms with Crippen molar-refractivity contribution in [3.63, 3.8) is 0 Å². The molecule has 1 N–H and O–H groups in total. The molecule has 0 aliphatic rings. The van der Waals surface area contributed by atoms with Crippen molar-refractivity contribution < 1.29 is 9.90 Å². The first kappa shape index (κ1) is 15.0. The second-order valence-electron chi connectivity index (χ2n) is 4.65. The Morgan fingerprint density at radius 1 is 1.39 bits per heavy atom. The molecule has 0 saturated carbocycles. The van der Waals surface area contributed by atoms with Gasteiger partial charge in [0.1, 0.15) is 0 Å². The fourth-order valence-electron chi connectivity index (χ4n) is 1.80. The van der Waals surface area contributed by atoms with Crippen molar-refractivity contribution in [1.82, 2.24) is 4.90 Å². The quantitative estimate of drug-likeness (QED) is 0.825. The Balaban J connectivity index is 2.58. The molecule has 0 unspecified atom stereocenters. The topological polar surface area (TPSA) is 40.5 Å². The van der Waals surface area contributed by atoms with E-state index in [1.807, 2.05) is 24.3 Å². The Labute approximate surface area is 113 Å². The molecular formula is C14H20ClNO2. The summed E-state index contributed by atoms with van der Waals surface area (Å²) in [6.45, 7) is 5.75. The van der Waals surface area contributed by atoms with Crippen molar-refractivity contribution in [3.05, 3.63) is 34.9 Å². The third-order valence-corrected chi connectivity index (χ3v) is 3.27. The molecule has 0 radical (unpaired) electrons. The largest absolute Gasteiger partial charge is 0.481 e. The number of carboxylic acid groups (broad SMARTS) is 1. The van der Waals surface area contributed by atoms with Gasteiger partial charge in [-0.15, -0.1) is 0 Å². The zero-order valence-electron chi connectivity index (χ0n) is 10.9. The van der Waals surface area contributed by atoms with Gasteiger partial charge in [0.2, 0.25) is 0 Å². The Bertz CT molecular complexity index is 393. The number of hydrogen-bond donors (Lipinski definition) is 1. The highest BCUT2D eigenvalue weighted by Gasteiger charge is 2.12. The van der Waals surface area contributed by atoms with Crippen LogP contribution in [0.1, 0.15) is 32.3 Å². The van der Waals surface area contributed by atoms with E-state index in [1.54, 1.807) is 0 Å². The summed E-state index contributed by atoms with van der Waals surface area (Å²) in [6.07, 6.45) is 0.879. The minimum atomic E-state index is -0.739. The third-order valence-electron chi connectivity index (χ3n) is 2.90. The maximum absolute atomic E-state index is 10.5. The summed E-state index contributed by atoms with van der Waals surface area (Å²) in [6, 6.07) is 8.14. The van der Waals surface area contributed by atoms with Crippen LogP contribution in [0.15, 0.2) is 24.3 Å². The molecule has 1 aromatic carbocycles. The molecule has 0 fully saturated rings. The third kappa shape index (κ3) is 5.07. The van der Waals surface area contributed by atoms with E-state index in [1.165, 1.54) is 0 Å². The molecule has 0 atom stereocenters. The maximum Gasteiger partial charge on any atom is 0.303 e. The standard InChI is InChI=1S/C14H20ClNO2/c1-11(2)16(9-5-8-14(17)18)10-12-6-3-4-7-13(12)15/h3-4,6-7,11H,5,8-10H2,1-2H3,(H,17,18). The summed E-state index contributed by atoms with van der Waals surface area (Å²) in [4.78, 5) is 12.8. The first-order valence-electron chi connectivity index (χ1n) is 6.20. The second-order valence-corrected chi connectivity index (χ2v) is 5.06. The van der Waals surface area contributed by atoms with Gasteiger partial charge in [0.25, 0.3) is 0 Å². The molecule has 0 aliphatic carbocycles. The van der Waals surface area contributed by atoms with Gasteiger partial charge in [0, 0.05) is 24.0 Å². The monoisotopic (exact) mass is 269 g/mol. The number of hydrogen-bond acceptors (Lipinski definition) is 2. The molecule has 3 nitrogen and oxygen atoms in total. The van der Waals surface area contributed by atoms with Gasteiger partial charge in [0.15, 0.2) is 0 Å². The highest BCUT2D eigenvalue weighted by molar-refractivity contribution is 6.31. The predicted octanol–water partition coefficient (Wildman–Crippen LogP) is 3.42. The van der Waals surface area contributed by atoms with Crippen molar-refractivity contribution in [3.8, 4) is 0 Å². The molecule has 0 aromatic heterocycles. The summed E-state index contributed by atoms with van der Waals surface area (Å²) in [5.74, 6) is -0.739. The average Bonchev–Trinajstić information content (AvgIpc) is 2.29. The summed E-state index contributed by atoms with van der Waals surface area (Å²) in [7, 11) is 0. The number of rotatable bonds is 7. The predicted molar refractivity (Wildman–Crippen MR) is 73.9 cm³/mol. The molecular weight excluding hydrogens is 250 g/mol. The van der Waals surface area contributed by atoms with Gasteiger partial charge in [0.05, 0.1) is 0 Å². The van der Waals surface area contributed by atoms with Crippen molar-refractivity contribution in [2.75, 3.05) is 6.54 Å². The van der Waals surface area contributed by atoms with Gasteiger partial charge >= 0.3 is 5.97 Å². The van der Waals surface area contributed by atoms with Crippen LogP contribution in [-0.4, -0.2) is 28.6 Å². The highest BCUT2D eigenvalue weighted by atomic mass is 35.5. The first-order valence-corrected chi connectivity index (χ1v) is 6.57. The van der Waals surface area contributed by atoms with Crippen LogP contribution >= 0.6 is 11.6 Å². The van der Waals surface area contributed by atoms with Gasteiger partial charge in [-0.3, -0.25) is 9.69 Å². The normalized spacial score (nSPS) is 11.2. The Morgan fingerprint density at radius 3 is 2.61 bits per heavy atom. The van der Waals surface area contributed by atoms with E-state index in [0.717, 1.165) is 23.7 Å². The Morgan fingerprint density at radius 2 is 2.06 bits per heavy atom. The van der Waals surface area contributed by atoms with Crippen LogP contribution in [0, 0.1) is 0 Å². The average molecular weight is 270 g/mol. The number of nitrogens with zero attached hydrogens (tertiary/aromatic N) is 1. The van der Waals surface area contributed by atoms with Crippen LogP contribution in [0.3, 0.4) is 0 Å². The number of aliphatic carboxylic acids is 1. The summed E-state index contributed by atoms with van der Waals surface area (Å²) in [5, 5.41) is 9.42. The van der Waals surface area contributed by atoms with E-state index < -0.39 is 5.97 Å². The van der Waals surface area contributed by atoms with E-state index in [4.69, 9.17) is 16.7 Å². The van der Waals surface area contributed by atoms with Crippen molar-refractivity contribution in [2.45, 2.75) is 39.3 Å². The van der Waals surface area contributed by atoms with Crippen LogP contribution in [0.2, 0.25) is 5.02 Å². The fourth-order valence-corrected chi connectivity index (χ4v) is 1.99. The van der Waals surface area contributed by atoms with Gasteiger partial charge < -0.3 is 5.11 Å². The van der Waals surface area contributed by atoms with Crippen LogP contribution in [0.4, 0.5) is 0 Å². The minimum Gasteiger partial charge on any atom is -0.481 e. The minimum absolute atomic E-state index is 0.214. The molecule has 0 bridgehead atoms. The lowest BCUT2D eigenvalue weighted by Crippen LogP contribution is -2.31. The van der Waals surface area contributed by atoms with E-state index >= 15 is 0 Å². The van der Waals surface area contributed by atoms with Gasteiger partial charge in [-0.2, -0.15) is 0 Å². The number of carbonyl (C=O) groups is 1. The SMILES string of the molecule is CC(C)N(CCCC(=O)O)Cc1ccccc1Cl. The number of benzene rings is 1. The summed E-state index contributed by atoms with van der Waals surface area (Å²) in [5.41, 5.74) is 1.09. The summed E-state index contributed by atoms with van der Waals surface area (Å²) < 4.78 is 0. The molecule has 0 aliphatic heterocycles. The van der Waals surface area contributed by atoms with Crippen LogP contribution in [0.5, 0.6) is 0 Å². The van der Waals surface area contributed by atoms with Crippen LogP contribution < -0.4 is 0 Å². The van der Waals surface area contributed by atoms with E-state index in [-0.39, 0.29) is 6.42 Å². The van der Waals surface area contributed by atoms with Crippen molar-refractivity contribution in [2.24, 2.45) is 0 Å². The van der Waals surface area contributed by atoms with Gasteiger partial charge in [-0.1, -0.05) is 29.8 Å². The van der Waals surface area contributed by atoms with Gasteiger partial charge in [-0.25, -0.2) is 0 Å². The van der Waals surface area contributed by atoms with Gasteiger partial charge in [-0.05, 0) is 38.4 Å². The lowest BCUT2D eigenvalue weighted by Gasteiger charge is -2.26. The molecule has 0 saturated heterocycles. The molecule has 0 amide bonds. The number of halogens is 1. The number of carboxylic acids is 1. The Hall–Kier alpha value is -1.06. The smallest absolute Gasteiger partial charge is 0.303 e. The maximum atomic E-state index is 10.5. The van der Waals surface area contributed by atoms with E-state index in [2.05, 4.69) is 18.7 Å². The molecule has 0 spiro atoms. The highest BCUT2D eigenvalue weighted by Crippen LogP contribution is 2.18. The van der Waals surface area contributed by atoms with Crippen molar-refractivity contribution in [1.29, 1.82) is 0 Å². The van der Waals surface area contributed by atoms with Crippen molar-refractivity contribution >= 4 is 17.6 Å². The molecule has 100 valence electrons. The second kappa shape index (κ2) is 7.39. The molecule has 1 rings (SSSR count). The van der Waals surface area contributed by atoms with E-state index in [0.29, 0.717) is 12.5 Å². The molecule has 1 aromatic rings.